The van der Waals surface area contributed by atoms with Gasteiger partial charge in [0.05, 0.1) is 18.3 Å². The molecule has 1 saturated carbocycles. The van der Waals surface area contributed by atoms with Crippen molar-refractivity contribution in [2.75, 3.05) is 6.61 Å². The van der Waals surface area contributed by atoms with Crippen molar-refractivity contribution in [3.63, 3.8) is 0 Å². The molecule has 1 fully saturated rings. The SMILES string of the molecule is C=CCCOc1ccc(C(=O)OC2CCC(c3ccc(-c4ccc(C(C)O)cc4)c(F)c3F)CC2)cc1F. The molecular weight excluding hydrogens is 493 g/mol. The summed E-state index contributed by atoms with van der Waals surface area (Å²) in [5, 5.41) is 9.66. The number of aliphatic hydroxyl groups is 1. The number of hydrogen-bond donors (Lipinski definition) is 1. The first-order valence-electron chi connectivity index (χ1n) is 12.8. The molecule has 4 rings (SSSR count). The maximum absolute atomic E-state index is 15.1. The number of benzene rings is 3. The molecule has 0 aromatic heterocycles. The first-order valence-corrected chi connectivity index (χ1v) is 12.8. The van der Waals surface area contributed by atoms with Gasteiger partial charge in [0.1, 0.15) is 6.10 Å². The molecule has 0 amide bonds. The van der Waals surface area contributed by atoms with Crippen LogP contribution in [-0.2, 0) is 4.74 Å². The van der Waals surface area contributed by atoms with E-state index in [1.807, 2.05) is 0 Å². The van der Waals surface area contributed by atoms with Gasteiger partial charge >= 0.3 is 5.97 Å². The van der Waals surface area contributed by atoms with Gasteiger partial charge in [-0.2, -0.15) is 0 Å². The molecule has 1 aliphatic rings. The highest BCUT2D eigenvalue weighted by Crippen LogP contribution is 2.38. The van der Waals surface area contributed by atoms with E-state index in [0.717, 1.165) is 6.07 Å². The molecule has 3 aromatic carbocycles. The molecule has 0 aliphatic heterocycles. The Hall–Kier alpha value is -3.58. The zero-order valence-electron chi connectivity index (χ0n) is 21.3. The number of halogens is 3. The zero-order valence-corrected chi connectivity index (χ0v) is 21.3. The van der Waals surface area contributed by atoms with Crippen LogP contribution < -0.4 is 4.74 Å². The van der Waals surface area contributed by atoms with Crippen molar-refractivity contribution in [3.05, 3.63) is 101 Å². The van der Waals surface area contributed by atoms with Gasteiger partial charge in [0, 0.05) is 5.56 Å². The van der Waals surface area contributed by atoms with Crippen LogP contribution in [0, 0.1) is 17.5 Å². The van der Waals surface area contributed by atoms with Crippen molar-refractivity contribution in [3.8, 4) is 16.9 Å². The molecule has 0 heterocycles. The molecule has 1 aliphatic carbocycles. The van der Waals surface area contributed by atoms with Gasteiger partial charge in [-0.15, -0.1) is 6.58 Å². The zero-order chi connectivity index (χ0) is 27.2. The monoisotopic (exact) mass is 524 g/mol. The number of ether oxygens (including phenoxy) is 2. The number of rotatable bonds is 9. The molecule has 7 heteroatoms. The van der Waals surface area contributed by atoms with Crippen molar-refractivity contribution in [2.24, 2.45) is 0 Å². The predicted octanol–water partition coefficient (Wildman–Crippen LogP) is 7.66. The van der Waals surface area contributed by atoms with Gasteiger partial charge < -0.3 is 14.6 Å². The fraction of sp³-hybridized carbons (Fsp3) is 0.323. The third-order valence-corrected chi connectivity index (χ3v) is 6.95. The Kier molecular flexibility index (Phi) is 8.89. The third-order valence-electron chi connectivity index (χ3n) is 6.95. The topological polar surface area (TPSA) is 55.8 Å². The van der Waals surface area contributed by atoms with Gasteiger partial charge in [0.2, 0.25) is 0 Å². The molecule has 0 saturated heterocycles. The minimum absolute atomic E-state index is 0.0564. The molecule has 0 bridgehead atoms. The molecule has 3 aromatic rings. The maximum Gasteiger partial charge on any atom is 0.338 e. The summed E-state index contributed by atoms with van der Waals surface area (Å²) < 4.78 is 55.3. The van der Waals surface area contributed by atoms with Crippen LogP contribution in [0.4, 0.5) is 13.2 Å². The molecule has 0 radical (unpaired) electrons. The largest absolute Gasteiger partial charge is 0.490 e. The van der Waals surface area contributed by atoms with Gasteiger partial charge in [-0.25, -0.2) is 18.0 Å². The summed E-state index contributed by atoms with van der Waals surface area (Å²) in [5.74, 6) is -3.19. The van der Waals surface area contributed by atoms with Crippen LogP contribution in [-0.4, -0.2) is 23.8 Å². The second kappa shape index (κ2) is 12.3. The number of carbonyl (C=O) groups excluding carboxylic acids is 1. The molecule has 200 valence electrons. The van der Waals surface area contributed by atoms with Crippen molar-refractivity contribution in [2.45, 2.75) is 57.2 Å². The van der Waals surface area contributed by atoms with E-state index < -0.39 is 29.5 Å². The summed E-state index contributed by atoms with van der Waals surface area (Å²) in [6, 6.07) is 13.8. The van der Waals surface area contributed by atoms with E-state index >= 15 is 8.78 Å². The van der Waals surface area contributed by atoms with Gasteiger partial charge in [-0.3, -0.25) is 0 Å². The Morgan fingerprint density at radius 2 is 1.74 bits per heavy atom. The molecular formula is C31H31F3O4. The van der Waals surface area contributed by atoms with Crippen LogP contribution in [0.1, 0.15) is 72.5 Å². The van der Waals surface area contributed by atoms with E-state index in [2.05, 4.69) is 6.58 Å². The standard InChI is InChI=1S/C31H31F3O4/c1-3-4-17-37-28-16-11-23(18-27(28)32)31(36)38-24-12-9-22(10-13-24)26-15-14-25(29(33)30(26)34)21-7-5-20(6-8-21)19(2)35/h3,5-8,11,14-16,18-19,22,24,35H,1,4,9-10,12-13,17H2,2H3. The Bertz CT molecular complexity index is 1280. The fourth-order valence-corrected chi connectivity index (χ4v) is 4.75. The van der Waals surface area contributed by atoms with Crippen molar-refractivity contribution < 1.29 is 32.5 Å². The minimum Gasteiger partial charge on any atom is -0.490 e. The van der Waals surface area contributed by atoms with Crippen LogP contribution in [0.25, 0.3) is 11.1 Å². The fourth-order valence-electron chi connectivity index (χ4n) is 4.75. The first-order chi connectivity index (χ1) is 18.3. The van der Waals surface area contributed by atoms with Crippen molar-refractivity contribution in [1.29, 1.82) is 0 Å². The van der Waals surface area contributed by atoms with Gasteiger partial charge in [-0.1, -0.05) is 42.5 Å². The van der Waals surface area contributed by atoms with Gasteiger partial charge in [0.25, 0.3) is 0 Å². The summed E-state index contributed by atoms with van der Waals surface area (Å²) in [4.78, 5) is 12.6. The highest BCUT2D eigenvalue weighted by molar-refractivity contribution is 5.89. The molecule has 4 nitrogen and oxygen atoms in total. The Morgan fingerprint density at radius 1 is 1.03 bits per heavy atom. The lowest BCUT2D eigenvalue weighted by Crippen LogP contribution is -2.24. The Morgan fingerprint density at radius 3 is 2.37 bits per heavy atom. The maximum atomic E-state index is 15.1. The van der Waals surface area contributed by atoms with Crippen LogP contribution >= 0.6 is 0 Å². The van der Waals surface area contributed by atoms with Crippen LogP contribution in [0.3, 0.4) is 0 Å². The van der Waals surface area contributed by atoms with E-state index in [-0.39, 0.29) is 35.5 Å². The van der Waals surface area contributed by atoms with Crippen LogP contribution in [0.15, 0.2) is 67.3 Å². The minimum atomic E-state index is -0.903. The third kappa shape index (κ3) is 6.27. The van der Waals surface area contributed by atoms with Gasteiger partial charge in [-0.05, 0) is 79.8 Å². The van der Waals surface area contributed by atoms with E-state index in [0.29, 0.717) is 48.8 Å². The first kappa shape index (κ1) is 27.5. The quantitative estimate of drug-likeness (QED) is 0.177. The average Bonchev–Trinajstić information content (AvgIpc) is 2.92. The molecule has 1 N–H and O–H groups in total. The second-order valence-corrected chi connectivity index (χ2v) is 9.58. The smallest absolute Gasteiger partial charge is 0.338 e. The summed E-state index contributed by atoms with van der Waals surface area (Å²) in [6.45, 7) is 5.51. The molecule has 1 unspecified atom stereocenters. The van der Waals surface area contributed by atoms with Crippen molar-refractivity contribution >= 4 is 5.97 Å². The number of esters is 1. The Labute approximate surface area is 220 Å². The molecule has 0 spiro atoms. The predicted molar refractivity (Wildman–Crippen MR) is 140 cm³/mol. The van der Waals surface area contributed by atoms with E-state index in [1.165, 1.54) is 12.1 Å². The van der Waals surface area contributed by atoms with Crippen LogP contribution in [0.2, 0.25) is 0 Å². The summed E-state index contributed by atoms with van der Waals surface area (Å²) in [5.41, 5.74) is 1.78. The lowest BCUT2D eigenvalue weighted by atomic mass is 9.82. The summed E-state index contributed by atoms with van der Waals surface area (Å²) in [7, 11) is 0. The average molecular weight is 525 g/mol. The van der Waals surface area contributed by atoms with E-state index in [9.17, 15) is 14.3 Å². The normalized spacial score (nSPS) is 18.0. The highest BCUT2D eigenvalue weighted by atomic mass is 19.2. The van der Waals surface area contributed by atoms with E-state index in [1.54, 1.807) is 49.4 Å². The lowest BCUT2D eigenvalue weighted by Gasteiger charge is -2.29. The Balaban J connectivity index is 1.36. The lowest BCUT2D eigenvalue weighted by molar-refractivity contribution is 0.0193. The number of aliphatic hydroxyl groups excluding tert-OH is 1. The molecule has 38 heavy (non-hydrogen) atoms. The number of carbonyl (C=O) groups is 1. The van der Waals surface area contributed by atoms with Gasteiger partial charge in [0.15, 0.2) is 23.2 Å². The summed E-state index contributed by atoms with van der Waals surface area (Å²) in [6.07, 6.45) is 3.25. The number of hydrogen-bond acceptors (Lipinski definition) is 4. The second-order valence-electron chi connectivity index (χ2n) is 9.58. The van der Waals surface area contributed by atoms with E-state index in [4.69, 9.17) is 9.47 Å². The van der Waals surface area contributed by atoms with Crippen molar-refractivity contribution in [1.82, 2.24) is 0 Å². The summed E-state index contributed by atoms with van der Waals surface area (Å²) >= 11 is 0. The molecule has 1 atom stereocenters. The highest BCUT2D eigenvalue weighted by Gasteiger charge is 2.29. The van der Waals surface area contributed by atoms with Crippen LogP contribution in [0.5, 0.6) is 5.75 Å².